The molecule has 0 aromatic carbocycles. The molecule has 0 spiro atoms. The molecule has 0 bridgehead atoms. The van der Waals surface area contributed by atoms with Gasteiger partial charge in [-0.3, -0.25) is 0 Å². The van der Waals surface area contributed by atoms with Crippen molar-refractivity contribution in [1.82, 2.24) is 34.9 Å². The quantitative estimate of drug-likeness (QED) is 0.568. The third kappa shape index (κ3) is 2.53. The third-order valence-corrected chi connectivity index (χ3v) is 3.88. The molecule has 11 heteroatoms. The van der Waals surface area contributed by atoms with E-state index in [0.29, 0.717) is 28.6 Å². The predicted octanol–water partition coefficient (Wildman–Crippen LogP) is 2.42. The predicted molar refractivity (Wildman–Crippen MR) is 86.5 cm³/mol. The van der Waals surface area contributed by atoms with Crippen LogP contribution in [0.1, 0.15) is 5.56 Å². The first-order valence-corrected chi connectivity index (χ1v) is 7.38. The number of aromatic amines is 1. The zero-order valence-electron chi connectivity index (χ0n) is 13.3. The number of nitrogens with two attached hydrogens (primary N) is 1. The second-order valence-corrected chi connectivity index (χ2v) is 5.53. The van der Waals surface area contributed by atoms with E-state index in [9.17, 15) is 13.2 Å². The van der Waals surface area contributed by atoms with Crippen molar-refractivity contribution in [3.05, 3.63) is 36.3 Å². The molecule has 0 aliphatic carbocycles. The summed E-state index contributed by atoms with van der Waals surface area (Å²) >= 11 is 0. The van der Waals surface area contributed by atoms with Gasteiger partial charge in [0, 0.05) is 30.4 Å². The standard InChI is InChI=1S/C15H11F3N8/c1-26-11(6-22-25-26)10-3-2-7-8(4-20-13(7)23-10)12-9(15(16,17)18)5-21-14(19)24-12/h2-6H,1H3,(H,20,23)(H2,19,21,24). The number of halogens is 3. The molecule has 0 aliphatic rings. The lowest BCUT2D eigenvalue weighted by atomic mass is 10.1. The first-order valence-electron chi connectivity index (χ1n) is 7.38. The van der Waals surface area contributed by atoms with Crippen LogP contribution in [0.25, 0.3) is 33.7 Å². The van der Waals surface area contributed by atoms with E-state index in [2.05, 4.69) is 30.2 Å². The van der Waals surface area contributed by atoms with Gasteiger partial charge in [-0.1, -0.05) is 5.21 Å². The summed E-state index contributed by atoms with van der Waals surface area (Å²) in [5.74, 6) is -0.243. The van der Waals surface area contributed by atoms with E-state index in [4.69, 9.17) is 5.73 Å². The van der Waals surface area contributed by atoms with Crippen molar-refractivity contribution in [1.29, 1.82) is 0 Å². The van der Waals surface area contributed by atoms with Crippen LogP contribution in [0.15, 0.2) is 30.7 Å². The molecule has 0 atom stereocenters. The van der Waals surface area contributed by atoms with Crippen molar-refractivity contribution < 1.29 is 13.2 Å². The summed E-state index contributed by atoms with van der Waals surface area (Å²) in [6, 6.07) is 3.34. The Kier molecular flexibility index (Phi) is 3.39. The van der Waals surface area contributed by atoms with Gasteiger partial charge in [0.25, 0.3) is 0 Å². The van der Waals surface area contributed by atoms with Gasteiger partial charge < -0.3 is 10.7 Å². The highest BCUT2D eigenvalue weighted by molar-refractivity contribution is 5.94. The van der Waals surface area contributed by atoms with Gasteiger partial charge in [0.05, 0.1) is 17.6 Å². The fourth-order valence-electron chi connectivity index (χ4n) is 2.67. The lowest BCUT2D eigenvalue weighted by Crippen LogP contribution is -2.10. The van der Waals surface area contributed by atoms with Crippen LogP contribution >= 0.6 is 0 Å². The highest BCUT2D eigenvalue weighted by Gasteiger charge is 2.36. The summed E-state index contributed by atoms with van der Waals surface area (Å²) in [7, 11) is 1.72. The van der Waals surface area contributed by atoms with Gasteiger partial charge in [-0.15, -0.1) is 5.10 Å². The SMILES string of the molecule is Cn1nncc1-c1ccc2c(-c3nc(N)ncc3C(F)(F)F)c[nH]c2n1. The van der Waals surface area contributed by atoms with Crippen molar-refractivity contribution in [3.63, 3.8) is 0 Å². The highest BCUT2D eigenvalue weighted by Crippen LogP contribution is 2.38. The average molecular weight is 360 g/mol. The number of aryl methyl sites for hydroxylation is 1. The molecule has 4 heterocycles. The minimum Gasteiger partial charge on any atom is -0.368 e. The molecule has 0 unspecified atom stereocenters. The maximum absolute atomic E-state index is 13.3. The summed E-state index contributed by atoms with van der Waals surface area (Å²) in [6.07, 6.45) is -0.967. The fourth-order valence-corrected chi connectivity index (χ4v) is 2.67. The van der Waals surface area contributed by atoms with Crippen LogP contribution in [0.5, 0.6) is 0 Å². The molecule has 0 amide bonds. The fraction of sp³-hybridized carbons (Fsp3) is 0.133. The summed E-state index contributed by atoms with van der Waals surface area (Å²) in [5, 5.41) is 8.10. The van der Waals surface area contributed by atoms with Crippen molar-refractivity contribution in [3.8, 4) is 22.6 Å². The molecule has 0 aliphatic heterocycles. The molecule has 8 nitrogen and oxygen atoms in total. The maximum Gasteiger partial charge on any atom is 0.419 e. The first kappa shape index (κ1) is 16.0. The molecule has 3 N–H and O–H groups in total. The number of rotatable bonds is 2. The molecule has 4 aromatic heterocycles. The van der Waals surface area contributed by atoms with Crippen molar-refractivity contribution in [2.24, 2.45) is 7.05 Å². The summed E-state index contributed by atoms with van der Waals surface area (Å²) in [5.41, 5.74) is 6.13. The number of hydrogen-bond acceptors (Lipinski definition) is 6. The Bertz CT molecular complexity index is 1110. The van der Waals surface area contributed by atoms with E-state index in [0.717, 1.165) is 0 Å². The first-order chi connectivity index (χ1) is 12.3. The molecule has 4 aromatic rings. The minimum absolute atomic E-state index is 0.239. The van der Waals surface area contributed by atoms with Crippen LogP contribution in [0, 0.1) is 0 Å². The van der Waals surface area contributed by atoms with E-state index < -0.39 is 11.7 Å². The van der Waals surface area contributed by atoms with Crippen LogP contribution in [0.2, 0.25) is 0 Å². The second-order valence-electron chi connectivity index (χ2n) is 5.53. The Morgan fingerprint density at radius 2 is 1.96 bits per heavy atom. The van der Waals surface area contributed by atoms with Crippen molar-refractivity contribution >= 4 is 17.0 Å². The number of anilines is 1. The molecule has 0 radical (unpaired) electrons. The molecule has 26 heavy (non-hydrogen) atoms. The van der Waals surface area contributed by atoms with Crippen molar-refractivity contribution in [2.75, 3.05) is 5.73 Å². The Balaban J connectivity index is 1.90. The van der Waals surface area contributed by atoms with Gasteiger partial charge in [0.2, 0.25) is 5.95 Å². The van der Waals surface area contributed by atoms with Crippen molar-refractivity contribution in [2.45, 2.75) is 6.18 Å². The lowest BCUT2D eigenvalue weighted by molar-refractivity contribution is -0.137. The number of fused-ring (bicyclic) bond motifs is 1. The smallest absolute Gasteiger partial charge is 0.368 e. The zero-order valence-corrected chi connectivity index (χ0v) is 13.3. The van der Waals surface area contributed by atoms with Crippen LogP contribution in [0.3, 0.4) is 0 Å². The maximum atomic E-state index is 13.3. The van der Waals surface area contributed by atoms with Gasteiger partial charge in [-0.05, 0) is 12.1 Å². The van der Waals surface area contributed by atoms with Crippen LogP contribution in [-0.4, -0.2) is 34.9 Å². The lowest BCUT2D eigenvalue weighted by Gasteiger charge is -2.11. The largest absolute Gasteiger partial charge is 0.419 e. The van der Waals surface area contributed by atoms with Crippen LogP contribution < -0.4 is 5.73 Å². The Hall–Kier alpha value is -3.50. The van der Waals surface area contributed by atoms with E-state index in [1.807, 2.05) is 0 Å². The van der Waals surface area contributed by atoms with E-state index in [1.54, 1.807) is 30.1 Å². The second kappa shape index (κ2) is 5.51. The van der Waals surface area contributed by atoms with E-state index >= 15 is 0 Å². The number of nitrogens with one attached hydrogen (secondary N) is 1. The number of aromatic nitrogens is 7. The summed E-state index contributed by atoms with van der Waals surface area (Å²) < 4.78 is 41.5. The topological polar surface area (TPSA) is 111 Å². The number of alkyl halides is 3. The molecular weight excluding hydrogens is 349 g/mol. The zero-order chi connectivity index (χ0) is 18.5. The Labute approximate surface area is 143 Å². The van der Waals surface area contributed by atoms with Crippen LogP contribution in [-0.2, 0) is 13.2 Å². The normalized spacial score (nSPS) is 12.0. The highest BCUT2D eigenvalue weighted by atomic mass is 19.4. The summed E-state index contributed by atoms with van der Waals surface area (Å²) in [6.45, 7) is 0. The van der Waals surface area contributed by atoms with Gasteiger partial charge in [0.15, 0.2) is 0 Å². The number of H-pyrrole nitrogens is 1. The number of nitrogen functional groups attached to an aromatic ring is 1. The molecule has 4 rings (SSSR count). The van der Waals surface area contributed by atoms with Gasteiger partial charge >= 0.3 is 6.18 Å². The summed E-state index contributed by atoms with van der Waals surface area (Å²) in [4.78, 5) is 14.6. The molecule has 132 valence electrons. The van der Waals surface area contributed by atoms with Gasteiger partial charge in [0.1, 0.15) is 16.9 Å². The molecular formula is C15H11F3N8. The number of hydrogen-bond donors (Lipinski definition) is 2. The monoisotopic (exact) mass is 360 g/mol. The van der Waals surface area contributed by atoms with Crippen LogP contribution in [0.4, 0.5) is 19.1 Å². The Morgan fingerprint density at radius 1 is 1.15 bits per heavy atom. The number of nitrogens with zero attached hydrogens (tertiary/aromatic N) is 6. The molecule has 0 saturated heterocycles. The third-order valence-electron chi connectivity index (χ3n) is 3.88. The van der Waals surface area contributed by atoms with E-state index in [1.165, 1.54) is 6.20 Å². The minimum atomic E-state index is -4.61. The number of pyridine rings is 1. The van der Waals surface area contributed by atoms with Gasteiger partial charge in [-0.2, -0.15) is 13.2 Å². The molecule has 0 saturated carbocycles. The average Bonchev–Trinajstić information content (AvgIpc) is 3.18. The Morgan fingerprint density at radius 3 is 2.65 bits per heavy atom. The molecule has 0 fully saturated rings. The van der Waals surface area contributed by atoms with Gasteiger partial charge in [-0.25, -0.2) is 19.6 Å². The van der Waals surface area contributed by atoms with E-state index in [-0.39, 0.29) is 17.2 Å².